The van der Waals surface area contributed by atoms with E-state index >= 15 is 0 Å². The topological polar surface area (TPSA) is 13.0 Å². The molecule has 0 bridgehead atoms. The van der Waals surface area contributed by atoms with Gasteiger partial charge < -0.3 is 0 Å². The molecule has 2 aliphatic heterocycles. The Bertz CT molecular complexity index is 247. The molecule has 0 spiro atoms. The van der Waals surface area contributed by atoms with Crippen LogP contribution in [0.3, 0.4) is 0 Å². The van der Waals surface area contributed by atoms with Crippen molar-refractivity contribution in [2.45, 2.75) is 52.6 Å². The zero-order valence-electron chi connectivity index (χ0n) is 14.6. The van der Waals surface area contributed by atoms with E-state index in [1.807, 2.05) is 0 Å². The predicted octanol–water partition coefficient (Wildman–Crippen LogP) is 1.98. The van der Waals surface area contributed by atoms with Crippen LogP contribution in [0.2, 0.25) is 0 Å². The predicted molar refractivity (Wildman–Crippen MR) is 87.9 cm³/mol. The van der Waals surface area contributed by atoms with Crippen molar-refractivity contribution >= 4 is 0 Å². The molecule has 4 heteroatoms. The summed E-state index contributed by atoms with van der Waals surface area (Å²) in [5.74, 6) is 0. The number of likely N-dealkylation sites (N-methyl/N-ethyl adjacent to an activating group) is 4. The molecule has 2 fully saturated rings. The van der Waals surface area contributed by atoms with E-state index in [0.717, 1.165) is 25.4 Å². The Balaban J connectivity index is 0.000000200. The van der Waals surface area contributed by atoms with Crippen molar-refractivity contribution in [3.63, 3.8) is 0 Å². The first-order valence-electron chi connectivity index (χ1n) is 8.40. The average Bonchev–Trinajstić information content (AvgIpc) is 3.01. The fourth-order valence-electron chi connectivity index (χ4n) is 3.30. The van der Waals surface area contributed by atoms with E-state index < -0.39 is 0 Å². The minimum atomic E-state index is 0.806. The highest BCUT2D eigenvalue weighted by Gasteiger charge is 2.25. The normalized spacial score (nSPS) is 29.7. The fourth-order valence-corrected chi connectivity index (χ4v) is 3.30. The minimum absolute atomic E-state index is 0.806. The van der Waals surface area contributed by atoms with Crippen molar-refractivity contribution in [3.05, 3.63) is 0 Å². The smallest absolute Gasteiger partial charge is 0.0507 e. The molecule has 2 rings (SSSR count). The second-order valence-electron chi connectivity index (χ2n) is 6.28. The SMILES string of the molecule is CCC1CN(C)CN1CC.CCC1CN(CC)CN1C. The summed E-state index contributed by atoms with van der Waals surface area (Å²) >= 11 is 0. The third-order valence-electron chi connectivity index (χ3n) is 4.77. The maximum Gasteiger partial charge on any atom is 0.0507 e. The largest absolute Gasteiger partial charge is 0.292 e. The van der Waals surface area contributed by atoms with Crippen LogP contribution in [0.5, 0.6) is 0 Å². The zero-order valence-corrected chi connectivity index (χ0v) is 14.6. The highest BCUT2D eigenvalue weighted by molar-refractivity contribution is 4.79. The highest BCUT2D eigenvalue weighted by Crippen LogP contribution is 2.13. The van der Waals surface area contributed by atoms with Gasteiger partial charge in [0.15, 0.2) is 0 Å². The van der Waals surface area contributed by atoms with Crippen molar-refractivity contribution in [3.8, 4) is 0 Å². The maximum absolute atomic E-state index is 2.53. The van der Waals surface area contributed by atoms with Gasteiger partial charge in [0, 0.05) is 25.2 Å². The van der Waals surface area contributed by atoms with E-state index in [9.17, 15) is 0 Å². The Morgan fingerprint density at radius 1 is 0.800 bits per heavy atom. The number of hydrogen-bond acceptors (Lipinski definition) is 4. The Hall–Kier alpha value is -0.160. The second kappa shape index (κ2) is 8.98. The van der Waals surface area contributed by atoms with Gasteiger partial charge >= 0.3 is 0 Å². The van der Waals surface area contributed by atoms with Crippen molar-refractivity contribution in [2.75, 3.05) is 53.6 Å². The number of nitrogens with zero attached hydrogens (tertiary/aromatic N) is 4. The average molecular weight is 284 g/mol. The monoisotopic (exact) mass is 284 g/mol. The van der Waals surface area contributed by atoms with Crippen molar-refractivity contribution in [1.82, 2.24) is 19.6 Å². The van der Waals surface area contributed by atoms with Gasteiger partial charge in [0.25, 0.3) is 0 Å². The highest BCUT2D eigenvalue weighted by atomic mass is 15.4. The standard InChI is InChI=1S/2C8H18N2/c1-4-8-6-10(5-2)7-9(8)3;1-4-8-6-9(3)7-10(8)5-2/h2*8H,4-7H2,1-3H3. The van der Waals surface area contributed by atoms with Gasteiger partial charge in [0.2, 0.25) is 0 Å². The van der Waals surface area contributed by atoms with Crippen LogP contribution in [-0.4, -0.2) is 85.3 Å². The molecule has 20 heavy (non-hydrogen) atoms. The Morgan fingerprint density at radius 2 is 1.45 bits per heavy atom. The van der Waals surface area contributed by atoms with Crippen LogP contribution in [0.4, 0.5) is 0 Å². The molecule has 0 aromatic carbocycles. The molecule has 4 nitrogen and oxygen atoms in total. The third-order valence-corrected chi connectivity index (χ3v) is 4.77. The van der Waals surface area contributed by atoms with Crippen molar-refractivity contribution < 1.29 is 0 Å². The third kappa shape index (κ3) is 4.99. The lowest BCUT2D eigenvalue weighted by Gasteiger charge is -2.19. The van der Waals surface area contributed by atoms with Gasteiger partial charge in [0.05, 0.1) is 13.3 Å². The van der Waals surface area contributed by atoms with Gasteiger partial charge in [-0.25, -0.2) is 0 Å². The summed E-state index contributed by atoms with van der Waals surface area (Å²) in [6, 6.07) is 1.62. The molecule has 2 heterocycles. The van der Waals surface area contributed by atoms with E-state index in [1.165, 1.54) is 39.0 Å². The molecule has 0 amide bonds. The molecule has 2 saturated heterocycles. The Morgan fingerprint density at radius 3 is 1.80 bits per heavy atom. The van der Waals surface area contributed by atoms with Crippen LogP contribution in [0.25, 0.3) is 0 Å². The summed E-state index contributed by atoms with van der Waals surface area (Å²) in [6.45, 7) is 16.2. The first-order valence-corrected chi connectivity index (χ1v) is 8.40. The zero-order chi connectivity index (χ0) is 15.1. The van der Waals surface area contributed by atoms with E-state index in [2.05, 4.69) is 61.4 Å². The molecule has 0 saturated carbocycles. The lowest BCUT2D eigenvalue weighted by atomic mass is 10.2. The molecule has 120 valence electrons. The first-order chi connectivity index (χ1) is 9.55. The van der Waals surface area contributed by atoms with Gasteiger partial charge in [-0.15, -0.1) is 0 Å². The van der Waals surface area contributed by atoms with Crippen LogP contribution in [0.15, 0.2) is 0 Å². The van der Waals surface area contributed by atoms with Gasteiger partial charge in [-0.3, -0.25) is 19.6 Å². The fraction of sp³-hybridized carbons (Fsp3) is 1.00. The molecule has 0 aliphatic carbocycles. The quantitative estimate of drug-likeness (QED) is 0.782. The summed E-state index contributed by atoms with van der Waals surface area (Å²) < 4.78 is 0. The molecule has 2 unspecified atom stereocenters. The Kier molecular flexibility index (Phi) is 8.03. The van der Waals surface area contributed by atoms with Gasteiger partial charge in [-0.05, 0) is 40.0 Å². The summed E-state index contributed by atoms with van der Waals surface area (Å²) in [5, 5.41) is 0. The first kappa shape index (κ1) is 17.9. The lowest BCUT2D eigenvalue weighted by Crippen LogP contribution is -2.29. The van der Waals surface area contributed by atoms with Crippen LogP contribution in [0.1, 0.15) is 40.5 Å². The van der Waals surface area contributed by atoms with E-state index in [0.29, 0.717) is 0 Å². The number of rotatable bonds is 4. The van der Waals surface area contributed by atoms with E-state index in [4.69, 9.17) is 0 Å². The van der Waals surface area contributed by atoms with Crippen LogP contribution < -0.4 is 0 Å². The van der Waals surface area contributed by atoms with E-state index in [1.54, 1.807) is 0 Å². The molecular weight excluding hydrogens is 248 g/mol. The molecular formula is C16H36N4. The van der Waals surface area contributed by atoms with Gasteiger partial charge in [0.1, 0.15) is 0 Å². The van der Waals surface area contributed by atoms with Gasteiger partial charge in [-0.2, -0.15) is 0 Å². The second-order valence-corrected chi connectivity index (χ2v) is 6.28. The molecule has 2 aliphatic rings. The molecule has 0 N–H and O–H groups in total. The lowest BCUT2D eigenvalue weighted by molar-refractivity contribution is 0.243. The minimum Gasteiger partial charge on any atom is -0.292 e. The van der Waals surface area contributed by atoms with Gasteiger partial charge in [-0.1, -0.05) is 27.7 Å². The number of hydrogen-bond donors (Lipinski definition) is 0. The van der Waals surface area contributed by atoms with Crippen molar-refractivity contribution in [1.29, 1.82) is 0 Å². The van der Waals surface area contributed by atoms with Crippen LogP contribution in [-0.2, 0) is 0 Å². The summed E-state index contributed by atoms with van der Waals surface area (Å²) in [5.41, 5.74) is 0. The molecule has 2 atom stereocenters. The molecule has 0 aromatic rings. The molecule has 0 radical (unpaired) electrons. The summed E-state index contributed by atoms with van der Waals surface area (Å²) in [4.78, 5) is 9.83. The van der Waals surface area contributed by atoms with E-state index in [-0.39, 0.29) is 0 Å². The molecule has 0 aromatic heterocycles. The van der Waals surface area contributed by atoms with Crippen LogP contribution in [0, 0.1) is 0 Å². The Labute approximate surface area is 126 Å². The van der Waals surface area contributed by atoms with Crippen molar-refractivity contribution in [2.24, 2.45) is 0 Å². The summed E-state index contributed by atoms with van der Waals surface area (Å²) in [7, 11) is 4.40. The summed E-state index contributed by atoms with van der Waals surface area (Å²) in [6.07, 6.45) is 2.57. The van der Waals surface area contributed by atoms with Crippen LogP contribution >= 0.6 is 0 Å². The maximum atomic E-state index is 2.53.